The second-order valence-corrected chi connectivity index (χ2v) is 4.74. The number of aromatic nitrogens is 4. The maximum Gasteiger partial charge on any atom is 0.276 e. The van der Waals surface area contributed by atoms with E-state index in [9.17, 15) is 4.79 Å². The lowest BCUT2D eigenvalue weighted by Crippen LogP contribution is -2.36. The van der Waals surface area contributed by atoms with Crippen molar-refractivity contribution in [2.75, 3.05) is 13.1 Å². The van der Waals surface area contributed by atoms with E-state index in [1.54, 1.807) is 22.0 Å². The minimum atomic E-state index is -0.0947. The van der Waals surface area contributed by atoms with Gasteiger partial charge in [0, 0.05) is 37.9 Å². The minimum Gasteiger partial charge on any atom is -0.332 e. The van der Waals surface area contributed by atoms with E-state index in [2.05, 4.69) is 15.3 Å². The molecule has 3 rings (SSSR count). The Labute approximate surface area is 116 Å². The van der Waals surface area contributed by atoms with Gasteiger partial charge in [0.15, 0.2) is 5.69 Å². The molecule has 104 valence electrons. The Morgan fingerprint density at radius 2 is 2.35 bits per heavy atom. The van der Waals surface area contributed by atoms with Crippen molar-refractivity contribution in [2.45, 2.75) is 19.5 Å². The summed E-state index contributed by atoms with van der Waals surface area (Å²) in [6.45, 7) is 2.27. The van der Waals surface area contributed by atoms with Crippen LogP contribution in [0.2, 0.25) is 0 Å². The van der Waals surface area contributed by atoms with Crippen LogP contribution in [0.3, 0.4) is 0 Å². The van der Waals surface area contributed by atoms with E-state index >= 15 is 0 Å². The highest BCUT2D eigenvalue weighted by molar-refractivity contribution is 5.92. The van der Waals surface area contributed by atoms with Crippen molar-refractivity contribution < 1.29 is 4.79 Å². The summed E-state index contributed by atoms with van der Waals surface area (Å²) in [6.07, 6.45) is 4.21. The van der Waals surface area contributed by atoms with E-state index in [0.29, 0.717) is 31.9 Å². The van der Waals surface area contributed by atoms with Crippen LogP contribution in [-0.2, 0) is 19.5 Å². The summed E-state index contributed by atoms with van der Waals surface area (Å²) < 4.78 is 1.59. The normalized spacial score (nSPS) is 14.2. The van der Waals surface area contributed by atoms with Crippen LogP contribution in [0.1, 0.15) is 21.7 Å². The van der Waals surface area contributed by atoms with Crippen molar-refractivity contribution in [3.05, 3.63) is 41.5 Å². The minimum absolute atomic E-state index is 0.0947. The summed E-state index contributed by atoms with van der Waals surface area (Å²) in [7, 11) is 0. The fourth-order valence-electron chi connectivity index (χ4n) is 2.34. The van der Waals surface area contributed by atoms with Gasteiger partial charge in [0.2, 0.25) is 0 Å². The van der Waals surface area contributed by atoms with Gasteiger partial charge in [-0.25, -0.2) is 0 Å². The topological polar surface area (TPSA) is 89.9 Å². The molecule has 3 heterocycles. The van der Waals surface area contributed by atoms with Gasteiger partial charge in [0.25, 0.3) is 5.91 Å². The molecule has 0 atom stereocenters. The van der Waals surface area contributed by atoms with Crippen LogP contribution in [0, 0.1) is 0 Å². The number of fused-ring (bicyclic) bond motifs is 1. The van der Waals surface area contributed by atoms with Gasteiger partial charge >= 0.3 is 0 Å². The molecule has 0 fully saturated rings. The molecule has 7 nitrogen and oxygen atoms in total. The Kier molecular flexibility index (Phi) is 3.42. The quantitative estimate of drug-likeness (QED) is 0.838. The highest BCUT2D eigenvalue weighted by Gasteiger charge is 2.24. The molecule has 20 heavy (non-hydrogen) atoms. The average molecular weight is 272 g/mol. The van der Waals surface area contributed by atoms with Gasteiger partial charge < -0.3 is 10.6 Å². The molecule has 7 heteroatoms. The van der Waals surface area contributed by atoms with Crippen LogP contribution in [0.4, 0.5) is 0 Å². The van der Waals surface area contributed by atoms with Crippen LogP contribution >= 0.6 is 0 Å². The van der Waals surface area contributed by atoms with Crippen LogP contribution < -0.4 is 5.73 Å². The van der Waals surface area contributed by atoms with E-state index in [1.807, 2.05) is 12.1 Å². The van der Waals surface area contributed by atoms with E-state index in [0.717, 1.165) is 17.7 Å². The Morgan fingerprint density at radius 1 is 1.45 bits per heavy atom. The highest BCUT2D eigenvalue weighted by Crippen LogP contribution is 2.17. The van der Waals surface area contributed by atoms with Crippen molar-refractivity contribution in [1.82, 2.24) is 24.9 Å². The Hall–Kier alpha value is -2.28. The summed E-state index contributed by atoms with van der Waals surface area (Å²) in [5.74, 6) is -0.0947. The lowest BCUT2D eigenvalue weighted by Gasteiger charge is -2.27. The molecule has 0 bridgehead atoms. The lowest BCUT2D eigenvalue weighted by molar-refractivity contribution is 0.0727. The van der Waals surface area contributed by atoms with Gasteiger partial charge in [0.1, 0.15) is 0 Å². The standard InChI is InChI=1S/C13H16N6O/c14-4-7-19-9-12(16-17-19)13(20)18-6-3-11-10(8-18)2-1-5-15-11/h1-2,5,9H,3-4,6-8,14H2. The molecule has 0 aromatic carbocycles. The molecular formula is C13H16N6O. The summed E-state index contributed by atoms with van der Waals surface area (Å²) in [5.41, 5.74) is 7.99. The third-order valence-electron chi connectivity index (χ3n) is 3.37. The molecule has 0 spiro atoms. The monoisotopic (exact) mass is 272 g/mol. The van der Waals surface area contributed by atoms with Crippen molar-refractivity contribution in [1.29, 1.82) is 0 Å². The van der Waals surface area contributed by atoms with E-state index in [4.69, 9.17) is 5.73 Å². The largest absolute Gasteiger partial charge is 0.332 e. The number of amides is 1. The molecule has 2 aromatic rings. The molecular weight excluding hydrogens is 256 g/mol. The van der Waals surface area contributed by atoms with E-state index in [1.165, 1.54) is 0 Å². The maximum atomic E-state index is 12.4. The number of nitrogens with zero attached hydrogens (tertiary/aromatic N) is 5. The van der Waals surface area contributed by atoms with Crippen molar-refractivity contribution in [3.8, 4) is 0 Å². The summed E-state index contributed by atoms with van der Waals surface area (Å²) >= 11 is 0. The third kappa shape index (κ3) is 2.39. The molecule has 0 aliphatic carbocycles. The molecule has 1 aliphatic heterocycles. The van der Waals surface area contributed by atoms with E-state index in [-0.39, 0.29) is 5.91 Å². The summed E-state index contributed by atoms with van der Waals surface area (Å²) in [5, 5.41) is 7.81. The number of hydrogen-bond donors (Lipinski definition) is 1. The molecule has 0 unspecified atom stereocenters. The first-order chi connectivity index (χ1) is 9.78. The van der Waals surface area contributed by atoms with Gasteiger partial charge in [-0.1, -0.05) is 11.3 Å². The van der Waals surface area contributed by atoms with Gasteiger partial charge in [-0.05, 0) is 11.6 Å². The van der Waals surface area contributed by atoms with Crippen LogP contribution in [0.5, 0.6) is 0 Å². The zero-order valence-electron chi connectivity index (χ0n) is 11.1. The fraction of sp³-hybridized carbons (Fsp3) is 0.385. The first-order valence-electron chi connectivity index (χ1n) is 6.60. The van der Waals surface area contributed by atoms with Crippen LogP contribution in [-0.4, -0.2) is 43.9 Å². The van der Waals surface area contributed by atoms with Crippen LogP contribution in [0.15, 0.2) is 24.5 Å². The molecule has 0 saturated heterocycles. The molecule has 1 aliphatic rings. The zero-order chi connectivity index (χ0) is 13.9. The number of hydrogen-bond acceptors (Lipinski definition) is 5. The van der Waals surface area contributed by atoms with Crippen molar-refractivity contribution in [3.63, 3.8) is 0 Å². The predicted octanol–water partition coefficient (Wildman–Crippen LogP) is -0.170. The lowest BCUT2D eigenvalue weighted by atomic mass is 10.1. The van der Waals surface area contributed by atoms with Crippen molar-refractivity contribution >= 4 is 5.91 Å². The van der Waals surface area contributed by atoms with Gasteiger partial charge in [-0.15, -0.1) is 5.10 Å². The number of pyridine rings is 1. The van der Waals surface area contributed by atoms with Gasteiger partial charge in [0.05, 0.1) is 12.7 Å². The molecule has 1 amide bonds. The molecule has 2 aromatic heterocycles. The summed E-state index contributed by atoms with van der Waals surface area (Å²) in [6, 6.07) is 3.90. The number of rotatable bonds is 3. The molecule has 2 N–H and O–H groups in total. The Bertz CT molecular complexity index is 623. The Balaban J connectivity index is 1.75. The number of carbonyl (C=O) groups is 1. The maximum absolute atomic E-state index is 12.4. The third-order valence-corrected chi connectivity index (χ3v) is 3.37. The van der Waals surface area contributed by atoms with Gasteiger partial charge in [-0.2, -0.15) is 0 Å². The predicted molar refractivity (Wildman–Crippen MR) is 71.8 cm³/mol. The average Bonchev–Trinajstić information content (AvgIpc) is 2.95. The molecule has 0 saturated carbocycles. The number of nitrogens with two attached hydrogens (primary N) is 1. The summed E-state index contributed by atoms with van der Waals surface area (Å²) in [4.78, 5) is 18.5. The first-order valence-corrected chi connectivity index (χ1v) is 6.60. The van der Waals surface area contributed by atoms with Crippen LogP contribution in [0.25, 0.3) is 0 Å². The van der Waals surface area contributed by atoms with Gasteiger partial charge in [-0.3, -0.25) is 14.5 Å². The first kappa shape index (κ1) is 12.7. The molecule has 0 radical (unpaired) electrons. The fourth-order valence-corrected chi connectivity index (χ4v) is 2.34. The second-order valence-electron chi connectivity index (χ2n) is 4.74. The zero-order valence-corrected chi connectivity index (χ0v) is 11.1. The van der Waals surface area contributed by atoms with E-state index < -0.39 is 0 Å². The SMILES string of the molecule is NCCn1cc(C(=O)N2CCc3ncccc3C2)nn1. The highest BCUT2D eigenvalue weighted by atomic mass is 16.2. The smallest absolute Gasteiger partial charge is 0.276 e. The number of carbonyl (C=O) groups excluding carboxylic acids is 1. The Morgan fingerprint density at radius 3 is 3.20 bits per heavy atom. The second kappa shape index (κ2) is 5.38. The van der Waals surface area contributed by atoms with Crippen molar-refractivity contribution in [2.24, 2.45) is 5.73 Å².